The predicted molar refractivity (Wildman–Crippen MR) is 174 cm³/mol. The number of halogens is 2. The fourth-order valence-corrected chi connectivity index (χ4v) is 7.12. The molecule has 0 radical (unpaired) electrons. The van der Waals surface area contributed by atoms with Gasteiger partial charge >= 0.3 is 0 Å². The fourth-order valence-electron chi connectivity index (χ4n) is 7.12. The van der Waals surface area contributed by atoms with Crippen molar-refractivity contribution in [1.29, 1.82) is 5.26 Å². The summed E-state index contributed by atoms with van der Waals surface area (Å²) < 4.78 is 26.8. The summed E-state index contributed by atoms with van der Waals surface area (Å²) in [7, 11) is 0. The second-order valence-corrected chi connectivity index (χ2v) is 12.7. The van der Waals surface area contributed by atoms with E-state index in [-0.39, 0.29) is 49.1 Å². The number of carbonyl (C=O) groups excluding carboxylic acids is 2. The molecule has 1 aromatic heterocycles. The standard InChI is InChI=1S/C35H39F2N7O2/c1-4-32(45)44-16-15-43(19-26(44)11-13-38)31-17-28(34(46)39-24(3)18-41-21-35(36,37)22-41)40-29-20-42(14-12-27(29)31)30-10-6-9-25-8-5-7-23(2)33(25)30/h4-10,17,24,26H,1,11-12,14-16,18-22H2,2-3H3,(H,39,46)/t24?,26-/m0/s1. The number of rotatable bonds is 8. The highest BCUT2D eigenvalue weighted by atomic mass is 19.3. The number of likely N-dealkylation sites (tertiary alicyclic amines) is 1. The Kier molecular flexibility index (Phi) is 8.66. The Hall–Kier alpha value is -4.56. The normalized spacial score (nSPS) is 20.0. The number of alkyl halides is 2. The average Bonchev–Trinajstić information content (AvgIpc) is 3.02. The van der Waals surface area contributed by atoms with Crippen LogP contribution in [0, 0.1) is 18.3 Å². The third-order valence-corrected chi connectivity index (χ3v) is 9.25. The first-order chi connectivity index (χ1) is 22.1. The smallest absolute Gasteiger partial charge is 0.272 e. The minimum absolute atomic E-state index is 0.179. The van der Waals surface area contributed by atoms with Gasteiger partial charge in [-0.25, -0.2) is 13.8 Å². The Labute approximate surface area is 268 Å². The summed E-state index contributed by atoms with van der Waals surface area (Å²) in [4.78, 5) is 38.9. The van der Waals surface area contributed by atoms with Gasteiger partial charge in [-0.3, -0.25) is 14.5 Å². The van der Waals surface area contributed by atoms with E-state index in [4.69, 9.17) is 4.98 Å². The molecule has 2 saturated heterocycles. The van der Waals surface area contributed by atoms with Gasteiger partial charge in [-0.2, -0.15) is 5.26 Å². The number of hydrogen-bond acceptors (Lipinski definition) is 7. The van der Waals surface area contributed by atoms with Gasteiger partial charge in [0.15, 0.2) is 0 Å². The number of amides is 2. The third-order valence-electron chi connectivity index (χ3n) is 9.25. The predicted octanol–water partition coefficient (Wildman–Crippen LogP) is 4.29. The molecule has 9 nitrogen and oxygen atoms in total. The zero-order valence-corrected chi connectivity index (χ0v) is 26.3. The fraction of sp³-hybridized carbons (Fsp3) is 0.429. The van der Waals surface area contributed by atoms with E-state index < -0.39 is 5.92 Å². The van der Waals surface area contributed by atoms with Crippen LogP contribution in [0.5, 0.6) is 0 Å². The van der Waals surface area contributed by atoms with Gasteiger partial charge in [0, 0.05) is 61.1 Å². The monoisotopic (exact) mass is 627 g/mol. The van der Waals surface area contributed by atoms with E-state index in [9.17, 15) is 23.6 Å². The molecular formula is C35H39F2N7O2. The van der Waals surface area contributed by atoms with Crippen LogP contribution in [-0.2, 0) is 17.8 Å². The minimum Gasteiger partial charge on any atom is -0.367 e. The van der Waals surface area contributed by atoms with Gasteiger partial charge in [0.2, 0.25) is 5.91 Å². The van der Waals surface area contributed by atoms with Crippen LogP contribution in [0.2, 0.25) is 0 Å². The maximum absolute atomic E-state index is 13.6. The van der Waals surface area contributed by atoms with Crippen molar-refractivity contribution in [3.8, 4) is 6.07 Å². The highest BCUT2D eigenvalue weighted by Crippen LogP contribution is 2.36. The van der Waals surface area contributed by atoms with E-state index in [0.717, 1.165) is 34.6 Å². The number of carbonyl (C=O) groups is 2. The SMILES string of the molecule is C=CC(=O)N1CCN(c2cc(C(=O)NC(C)CN3CC(F)(F)C3)nc3c2CCN(c2cccc4cccc(C)c24)C3)C[C@@H]1CC#N. The number of nitrogens with zero attached hydrogens (tertiary/aromatic N) is 6. The summed E-state index contributed by atoms with van der Waals surface area (Å²) in [5, 5.41) is 14.9. The Morgan fingerprint density at radius 1 is 1.15 bits per heavy atom. The van der Waals surface area contributed by atoms with Gasteiger partial charge in [0.25, 0.3) is 11.8 Å². The second-order valence-electron chi connectivity index (χ2n) is 12.7. The maximum atomic E-state index is 13.6. The first kappa shape index (κ1) is 31.4. The number of hydrogen-bond donors (Lipinski definition) is 1. The molecule has 1 unspecified atom stereocenters. The van der Waals surface area contributed by atoms with Crippen LogP contribution in [0.1, 0.15) is 40.7 Å². The van der Waals surface area contributed by atoms with Crippen LogP contribution in [-0.4, -0.2) is 90.4 Å². The lowest BCUT2D eigenvalue weighted by Crippen LogP contribution is -2.59. The van der Waals surface area contributed by atoms with Crippen molar-refractivity contribution >= 4 is 34.0 Å². The molecule has 1 N–H and O–H groups in total. The lowest BCUT2D eigenvalue weighted by atomic mass is 9.97. The van der Waals surface area contributed by atoms with Crippen LogP contribution in [0.25, 0.3) is 10.8 Å². The molecule has 2 aromatic carbocycles. The number of nitrogens with one attached hydrogen (secondary N) is 1. The number of aromatic nitrogens is 1. The van der Waals surface area contributed by atoms with Crippen molar-refractivity contribution in [3.05, 3.63) is 77.6 Å². The topological polar surface area (TPSA) is 95.8 Å². The first-order valence-electron chi connectivity index (χ1n) is 15.8. The highest BCUT2D eigenvalue weighted by molar-refractivity contribution is 5.97. The van der Waals surface area contributed by atoms with Crippen molar-refractivity contribution in [1.82, 2.24) is 20.1 Å². The van der Waals surface area contributed by atoms with Gasteiger partial charge in [0.1, 0.15) is 5.69 Å². The molecule has 0 spiro atoms. The molecule has 11 heteroatoms. The van der Waals surface area contributed by atoms with E-state index in [1.54, 1.807) is 16.7 Å². The van der Waals surface area contributed by atoms with Crippen LogP contribution in [0.15, 0.2) is 55.1 Å². The average molecular weight is 628 g/mol. The zero-order chi connectivity index (χ0) is 32.6. The Morgan fingerprint density at radius 3 is 2.63 bits per heavy atom. The molecule has 4 heterocycles. The van der Waals surface area contributed by atoms with Gasteiger partial charge in [-0.15, -0.1) is 0 Å². The van der Waals surface area contributed by atoms with Gasteiger partial charge < -0.3 is 20.0 Å². The third kappa shape index (κ3) is 6.27. The van der Waals surface area contributed by atoms with Crippen molar-refractivity contribution < 1.29 is 18.4 Å². The van der Waals surface area contributed by atoms with E-state index in [1.807, 2.05) is 6.07 Å². The Morgan fingerprint density at radius 2 is 1.91 bits per heavy atom. The number of nitriles is 1. The first-order valence-corrected chi connectivity index (χ1v) is 15.8. The molecule has 3 aromatic rings. The number of pyridine rings is 1. The van der Waals surface area contributed by atoms with Gasteiger partial charge in [0.05, 0.1) is 43.9 Å². The van der Waals surface area contributed by atoms with Crippen LogP contribution >= 0.6 is 0 Å². The molecule has 0 saturated carbocycles. The van der Waals surface area contributed by atoms with Gasteiger partial charge in [-0.05, 0) is 49.4 Å². The largest absolute Gasteiger partial charge is 0.367 e. The molecule has 0 bridgehead atoms. The zero-order valence-electron chi connectivity index (χ0n) is 26.3. The second kappa shape index (κ2) is 12.7. The van der Waals surface area contributed by atoms with E-state index in [1.165, 1.54) is 17.0 Å². The van der Waals surface area contributed by atoms with Crippen LogP contribution in [0.4, 0.5) is 20.2 Å². The summed E-state index contributed by atoms with van der Waals surface area (Å²) in [6, 6.07) is 15.9. The van der Waals surface area contributed by atoms with E-state index in [2.05, 4.69) is 71.1 Å². The number of fused-ring (bicyclic) bond motifs is 2. The lowest BCUT2D eigenvalue weighted by molar-refractivity contribution is -0.131. The minimum atomic E-state index is -2.67. The van der Waals surface area contributed by atoms with Crippen molar-refractivity contribution in [2.75, 3.05) is 55.6 Å². The highest BCUT2D eigenvalue weighted by Gasteiger charge is 2.44. The molecule has 3 aliphatic rings. The van der Waals surface area contributed by atoms with Crippen molar-refractivity contribution in [2.24, 2.45) is 0 Å². The summed E-state index contributed by atoms with van der Waals surface area (Å²) >= 11 is 0. The number of piperazine rings is 1. The molecule has 3 aliphatic heterocycles. The molecular weight excluding hydrogens is 588 g/mol. The molecule has 0 aliphatic carbocycles. The molecule has 2 fully saturated rings. The Balaban J connectivity index is 1.32. The molecule has 46 heavy (non-hydrogen) atoms. The summed E-state index contributed by atoms with van der Waals surface area (Å²) in [6.07, 6.45) is 2.16. The number of anilines is 2. The molecule has 6 rings (SSSR count). The quantitative estimate of drug-likeness (QED) is 0.373. The van der Waals surface area contributed by atoms with Crippen molar-refractivity contribution in [3.63, 3.8) is 0 Å². The molecule has 2 amide bonds. The van der Waals surface area contributed by atoms with Gasteiger partial charge in [-0.1, -0.05) is 36.9 Å². The lowest BCUT2D eigenvalue weighted by Gasteiger charge is -2.43. The van der Waals surface area contributed by atoms with Crippen molar-refractivity contribution in [2.45, 2.75) is 51.2 Å². The Bertz CT molecular complexity index is 1710. The molecule has 240 valence electrons. The summed E-state index contributed by atoms with van der Waals surface area (Å²) in [6.45, 7) is 9.92. The van der Waals surface area contributed by atoms with Crippen LogP contribution < -0.4 is 15.1 Å². The van der Waals surface area contributed by atoms with Crippen LogP contribution in [0.3, 0.4) is 0 Å². The maximum Gasteiger partial charge on any atom is 0.272 e. The number of benzene rings is 2. The number of aryl methyl sites for hydroxylation is 1. The van der Waals surface area contributed by atoms with E-state index in [0.29, 0.717) is 39.1 Å². The molecule has 2 atom stereocenters. The van der Waals surface area contributed by atoms with E-state index >= 15 is 0 Å². The summed E-state index contributed by atoms with van der Waals surface area (Å²) in [5.41, 5.74) is 5.30. The summed E-state index contributed by atoms with van der Waals surface area (Å²) in [5.74, 6) is -3.24.